The number of hydrogen-bond donors (Lipinski definition) is 2. The number of carbonyl (C=O) groups is 2. The summed E-state index contributed by atoms with van der Waals surface area (Å²) in [6, 6.07) is 5.83. The molecule has 2 aliphatic rings. The van der Waals surface area contributed by atoms with Crippen LogP contribution in [0.5, 0.6) is 0 Å². The van der Waals surface area contributed by atoms with Gasteiger partial charge < -0.3 is 9.32 Å². The molecule has 1 aromatic heterocycles. The molecule has 0 spiro atoms. The second kappa shape index (κ2) is 10.1. The standard InChI is InChI=1S/C23H28N6O5/c1-15-21-18(24-25-20(30)14-16-6-8-17(9-7-16)29(32)33)4-3-5-19(21)34-22(15)23(31)26-28-12-10-27(2)11-13-28/h6-9H,3-5,10-14H2,1-2H3,(H,25,30)(H,26,31)/b24-18+. The number of benzene rings is 1. The number of hydrazone groups is 1. The van der Waals surface area contributed by atoms with Crippen LogP contribution in [-0.4, -0.2) is 65.6 Å². The number of nitro groups is 1. The molecule has 2 amide bonds. The minimum atomic E-state index is -0.483. The van der Waals surface area contributed by atoms with Gasteiger partial charge in [-0.3, -0.25) is 25.1 Å². The number of rotatable bonds is 6. The van der Waals surface area contributed by atoms with Crippen LogP contribution in [0.2, 0.25) is 0 Å². The third-order valence-electron chi connectivity index (χ3n) is 6.12. The number of nitro benzene ring substituents is 1. The summed E-state index contributed by atoms with van der Waals surface area (Å²) in [5, 5.41) is 17.0. The van der Waals surface area contributed by atoms with E-state index in [-0.39, 0.29) is 29.7 Å². The molecule has 0 unspecified atom stereocenters. The Morgan fingerprint density at radius 1 is 1.15 bits per heavy atom. The molecule has 34 heavy (non-hydrogen) atoms. The van der Waals surface area contributed by atoms with E-state index in [9.17, 15) is 19.7 Å². The van der Waals surface area contributed by atoms with E-state index in [1.54, 1.807) is 12.1 Å². The highest BCUT2D eigenvalue weighted by Gasteiger charge is 2.29. The maximum Gasteiger partial charge on any atom is 0.301 e. The zero-order valence-electron chi connectivity index (χ0n) is 19.3. The number of nitrogens with zero attached hydrogens (tertiary/aromatic N) is 4. The average Bonchev–Trinajstić information content (AvgIpc) is 3.17. The summed E-state index contributed by atoms with van der Waals surface area (Å²) >= 11 is 0. The van der Waals surface area contributed by atoms with Crippen molar-refractivity contribution in [1.82, 2.24) is 20.8 Å². The van der Waals surface area contributed by atoms with Crippen molar-refractivity contribution in [1.29, 1.82) is 0 Å². The Labute approximate surface area is 196 Å². The number of carbonyl (C=O) groups excluding carboxylic acids is 2. The van der Waals surface area contributed by atoms with Crippen LogP contribution in [0.3, 0.4) is 0 Å². The van der Waals surface area contributed by atoms with Gasteiger partial charge in [0, 0.05) is 55.9 Å². The first kappa shape index (κ1) is 23.6. The molecule has 11 nitrogen and oxygen atoms in total. The van der Waals surface area contributed by atoms with Crippen LogP contribution in [0.15, 0.2) is 33.8 Å². The van der Waals surface area contributed by atoms with Crippen molar-refractivity contribution in [3.05, 3.63) is 62.6 Å². The molecule has 1 saturated heterocycles. The zero-order chi connectivity index (χ0) is 24.2. The summed E-state index contributed by atoms with van der Waals surface area (Å²) in [6.07, 6.45) is 2.21. The Morgan fingerprint density at radius 3 is 2.53 bits per heavy atom. The van der Waals surface area contributed by atoms with Gasteiger partial charge in [0.25, 0.3) is 5.69 Å². The van der Waals surface area contributed by atoms with E-state index in [2.05, 4.69) is 27.9 Å². The Bertz CT molecular complexity index is 1120. The summed E-state index contributed by atoms with van der Waals surface area (Å²) in [4.78, 5) is 37.7. The van der Waals surface area contributed by atoms with E-state index in [1.807, 2.05) is 11.9 Å². The van der Waals surface area contributed by atoms with E-state index >= 15 is 0 Å². The predicted octanol–water partition coefficient (Wildman–Crippen LogP) is 1.79. The first-order valence-electron chi connectivity index (χ1n) is 11.3. The third-order valence-corrected chi connectivity index (χ3v) is 6.12. The van der Waals surface area contributed by atoms with Gasteiger partial charge in [-0.1, -0.05) is 12.1 Å². The van der Waals surface area contributed by atoms with E-state index < -0.39 is 4.92 Å². The van der Waals surface area contributed by atoms with Gasteiger partial charge in [-0.15, -0.1) is 0 Å². The van der Waals surface area contributed by atoms with Gasteiger partial charge in [0.1, 0.15) is 5.76 Å². The van der Waals surface area contributed by atoms with Crippen LogP contribution in [0.1, 0.15) is 45.8 Å². The molecule has 0 radical (unpaired) electrons. The number of hydrogen-bond acceptors (Lipinski definition) is 8. The highest BCUT2D eigenvalue weighted by Crippen LogP contribution is 2.30. The fourth-order valence-corrected chi connectivity index (χ4v) is 4.20. The average molecular weight is 469 g/mol. The molecule has 0 atom stereocenters. The lowest BCUT2D eigenvalue weighted by atomic mass is 9.93. The number of hydrazine groups is 1. The highest BCUT2D eigenvalue weighted by molar-refractivity contribution is 6.06. The van der Waals surface area contributed by atoms with E-state index in [1.165, 1.54) is 12.1 Å². The lowest BCUT2D eigenvalue weighted by Gasteiger charge is -2.32. The monoisotopic (exact) mass is 468 g/mol. The summed E-state index contributed by atoms with van der Waals surface area (Å²) in [5.41, 5.74) is 8.30. The van der Waals surface area contributed by atoms with Gasteiger partial charge in [0.05, 0.1) is 17.1 Å². The van der Waals surface area contributed by atoms with Gasteiger partial charge in [-0.25, -0.2) is 10.4 Å². The lowest BCUT2D eigenvalue weighted by Crippen LogP contribution is -2.52. The number of aryl methyl sites for hydroxylation is 1. The second-order valence-electron chi connectivity index (χ2n) is 8.63. The highest BCUT2D eigenvalue weighted by atomic mass is 16.6. The van der Waals surface area contributed by atoms with Crippen molar-refractivity contribution in [3.8, 4) is 0 Å². The molecule has 4 rings (SSSR count). The molecule has 0 bridgehead atoms. The molecule has 0 saturated carbocycles. The number of amides is 2. The van der Waals surface area contributed by atoms with Crippen LogP contribution < -0.4 is 10.9 Å². The Balaban J connectivity index is 1.43. The van der Waals surface area contributed by atoms with Crippen molar-refractivity contribution in [2.24, 2.45) is 5.10 Å². The van der Waals surface area contributed by atoms with Gasteiger partial charge in [0.2, 0.25) is 5.91 Å². The van der Waals surface area contributed by atoms with Crippen molar-refractivity contribution in [2.75, 3.05) is 33.2 Å². The molecule has 180 valence electrons. The number of nitrogens with one attached hydrogen (secondary N) is 2. The molecule has 2 aromatic rings. The predicted molar refractivity (Wildman–Crippen MR) is 124 cm³/mol. The maximum atomic E-state index is 12.9. The van der Waals surface area contributed by atoms with Gasteiger partial charge >= 0.3 is 5.91 Å². The first-order chi connectivity index (χ1) is 16.3. The molecule has 1 aliphatic heterocycles. The summed E-state index contributed by atoms with van der Waals surface area (Å²) in [6.45, 7) is 5.08. The summed E-state index contributed by atoms with van der Waals surface area (Å²) in [5.74, 6) is 0.368. The van der Waals surface area contributed by atoms with Gasteiger partial charge in [-0.05, 0) is 32.4 Å². The number of likely N-dealkylation sites (N-methyl/N-ethyl adjacent to an activating group) is 1. The normalized spacial score (nSPS) is 17.9. The second-order valence-corrected chi connectivity index (χ2v) is 8.63. The summed E-state index contributed by atoms with van der Waals surface area (Å²) < 4.78 is 5.93. The van der Waals surface area contributed by atoms with E-state index in [4.69, 9.17) is 4.42 Å². The lowest BCUT2D eigenvalue weighted by molar-refractivity contribution is -0.384. The van der Waals surface area contributed by atoms with Gasteiger partial charge in [0.15, 0.2) is 5.76 Å². The molecule has 1 aromatic carbocycles. The largest absolute Gasteiger partial charge is 0.455 e. The number of piperazine rings is 1. The Kier molecular flexibility index (Phi) is 7.03. The Hall–Kier alpha value is -3.57. The molecule has 11 heteroatoms. The van der Waals surface area contributed by atoms with Crippen LogP contribution in [0.25, 0.3) is 0 Å². The maximum absolute atomic E-state index is 12.9. The van der Waals surface area contributed by atoms with Crippen molar-refractivity contribution in [2.45, 2.75) is 32.6 Å². The molecule has 1 fully saturated rings. The zero-order valence-corrected chi connectivity index (χ0v) is 19.3. The van der Waals surface area contributed by atoms with Crippen molar-refractivity contribution < 1.29 is 18.9 Å². The van der Waals surface area contributed by atoms with Crippen LogP contribution in [0, 0.1) is 17.0 Å². The van der Waals surface area contributed by atoms with Crippen molar-refractivity contribution in [3.63, 3.8) is 0 Å². The van der Waals surface area contributed by atoms with Crippen LogP contribution >= 0.6 is 0 Å². The fraction of sp³-hybridized carbons (Fsp3) is 0.435. The van der Waals surface area contributed by atoms with Crippen molar-refractivity contribution >= 4 is 23.2 Å². The quantitative estimate of drug-likeness (QED) is 0.488. The number of non-ortho nitro benzene ring substituents is 1. The molecule has 2 N–H and O–H groups in total. The fourth-order valence-electron chi connectivity index (χ4n) is 4.20. The van der Waals surface area contributed by atoms with Crippen LogP contribution in [0.4, 0.5) is 5.69 Å². The minimum absolute atomic E-state index is 0.0259. The van der Waals surface area contributed by atoms with E-state index in [0.29, 0.717) is 35.4 Å². The number of furan rings is 1. The minimum Gasteiger partial charge on any atom is -0.455 e. The van der Waals surface area contributed by atoms with Gasteiger partial charge in [-0.2, -0.15) is 5.10 Å². The smallest absolute Gasteiger partial charge is 0.301 e. The number of fused-ring (bicyclic) bond motifs is 1. The van der Waals surface area contributed by atoms with Crippen LogP contribution in [-0.2, 0) is 17.6 Å². The molecule has 1 aliphatic carbocycles. The Morgan fingerprint density at radius 2 is 1.85 bits per heavy atom. The first-order valence-corrected chi connectivity index (χ1v) is 11.3. The summed E-state index contributed by atoms with van der Waals surface area (Å²) in [7, 11) is 2.05. The van der Waals surface area contributed by atoms with E-state index in [0.717, 1.165) is 38.2 Å². The molecular weight excluding hydrogens is 440 g/mol. The SMILES string of the molecule is Cc1c(C(=O)NN2CCN(C)CC2)oc2c1/C(=N/NC(=O)Cc1ccc([N+](=O)[O-])cc1)CCC2. The third kappa shape index (κ3) is 5.32. The topological polar surface area (TPSA) is 133 Å². The molecular formula is C23H28N6O5. The molecule has 2 heterocycles.